The lowest BCUT2D eigenvalue weighted by atomic mass is 10.2. The predicted octanol–water partition coefficient (Wildman–Crippen LogP) is 5.46. The van der Waals surface area contributed by atoms with Crippen molar-refractivity contribution in [2.45, 2.75) is 30.8 Å². The van der Waals surface area contributed by atoms with Crippen molar-refractivity contribution in [2.75, 3.05) is 5.32 Å². The highest BCUT2D eigenvalue weighted by Gasteiger charge is 2.21. The smallest absolute Gasteiger partial charge is 0.263 e. The number of anilines is 1. The molecule has 0 saturated carbocycles. The van der Waals surface area contributed by atoms with E-state index in [1.54, 1.807) is 22.8 Å². The molecular formula is C21H18FN3O2S3. The van der Waals surface area contributed by atoms with Crippen LogP contribution >= 0.6 is 34.4 Å². The number of thioether (sulfide) groups is 1. The molecule has 3 heterocycles. The van der Waals surface area contributed by atoms with Crippen LogP contribution in [0.2, 0.25) is 0 Å². The molecule has 0 bridgehead atoms. The van der Waals surface area contributed by atoms with E-state index in [0.29, 0.717) is 27.6 Å². The molecule has 30 heavy (non-hydrogen) atoms. The Morgan fingerprint density at radius 3 is 2.70 bits per heavy atom. The van der Waals surface area contributed by atoms with Crippen molar-refractivity contribution >= 4 is 56.2 Å². The van der Waals surface area contributed by atoms with Gasteiger partial charge in [-0.25, -0.2) is 9.37 Å². The van der Waals surface area contributed by atoms with Gasteiger partial charge in [0.2, 0.25) is 5.91 Å². The predicted molar refractivity (Wildman–Crippen MR) is 123 cm³/mol. The van der Waals surface area contributed by atoms with Gasteiger partial charge >= 0.3 is 0 Å². The first-order valence-electron chi connectivity index (χ1n) is 9.27. The second-order valence-corrected chi connectivity index (χ2v) is 9.62. The minimum absolute atomic E-state index is 0.0965. The minimum Gasteiger partial charge on any atom is -0.325 e. The lowest BCUT2D eigenvalue weighted by molar-refractivity contribution is -0.115. The number of amides is 1. The van der Waals surface area contributed by atoms with Crippen LogP contribution in [0.25, 0.3) is 20.7 Å². The summed E-state index contributed by atoms with van der Waals surface area (Å²) in [6.07, 6.45) is 0. The van der Waals surface area contributed by atoms with E-state index in [4.69, 9.17) is 4.98 Å². The Hall–Kier alpha value is -2.49. The van der Waals surface area contributed by atoms with E-state index in [2.05, 4.69) is 5.32 Å². The van der Waals surface area contributed by atoms with Crippen LogP contribution in [0.3, 0.4) is 0 Å². The maximum absolute atomic E-state index is 13.2. The molecule has 1 aromatic carbocycles. The molecular weight excluding hydrogens is 441 g/mol. The molecule has 0 saturated heterocycles. The van der Waals surface area contributed by atoms with Gasteiger partial charge in [0.25, 0.3) is 5.56 Å². The lowest BCUT2D eigenvalue weighted by Crippen LogP contribution is -2.26. The normalized spacial score (nSPS) is 12.2. The Labute approximate surface area is 184 Å². The van der Waals surface area contributed by atoms with Gasteiger partial charge < -0.3 is 5.32 Å². The summed E-state index contributed by atoms with van der Waals surface area (Å²) in [5.74, 6) is -0.605. The maximum Gasteiger partial charge on any atom is 0.263 e. The van der Waals surface area contributed by atoms with Gasteiger partial charge in [-0.05, 0) is 49.6 Å². The number of halogens is 1. The molecule has 0 aliphatic heterocycles. The van der Waals surface area contributed by atoms with Crippen molar-refractivity contribution in [2.24, 2.45) is 0 Å². The first kappa shape index (κ1) is 20.8. The summed E-state index contributed by atoms with van der Waals surface area (Å²) in [7, 11) is 0. The van der Waals surface area contributed by atoms with Gasteiger partial charge in [0.15, 0.2) is 5.16 Å². The van der Waals surface area contributed by atoms with Crippen LogP contribution in [0.4, 0.5) is 10.1 Å². The third-order valence-electron chi connectivity index (χ3n) is 4.52. The number of fused-ring (bicyclic) bond motifs is 1. The van der Waals surface area contributed by atoms with Crippen LogP contribution in [0, 0.1) is 5.82 Å². The summed E-state index contributed by atoms with van der Waals surface area (Å²) in [5.41, 5.74) is 1.33. The summed E-state index contributed by atoms with van der Waals surface area (Å²) < 4.78 is 14.7. The number of rotatable bonds is 6. The number of hydrogen-bond donors (Lipinski definition) is 1. The number of nitrogens with zero attached hydrogens (tertiary/aromatic N) is 2. The molecule has 0 spiro atoms. The average Bonchev–Trinajstić information content (AvgIpc) is 3.39. The zero-order valence-electron chi connectivity index (χ0n) is 16.2. The summed E-state index contributed by atoms with van der Waals surface area (Å²) in [4.78, 5) is 32.2. The number of nitrogens with one attached hydrogen (secondary N) is 1. The SMILES string of the molecule is CCn1c(SC(C)C(=O)Nc2ccc(F)cc2)nc2scc(-c3cccs3)c2c1=O. The molecule has 154 valence electrons. The van der Waals surface area contributed by atoms with Crippen molar-refractivity contribution in [1.82, 2.24) is 9.55 Å². The first-order chi connectivity index (χ1) is 14.5. The number of aromatic nitrogens is 2. The van der Waals surface area contributed by atoms with Crippen LogP contribution in [-0.4, -0.2) is 20.7 Å². The molecule has 0 aliphatic rings. The van der Waals surface area contributed by atoms with Gasteiger partial charge in [-0.1, -0.05) is 17.8 Å². The van der Waals surface area contributed by atoms with Crippen molar-refractivity contribution in [1.29, 1.82) is 0 Å². The van der Waals surface area contributed by atoms with E-state index < -0.39 is 5.25 Å². The molecule has 0 aliphatic carbocycles. The van der Waals surface area contributed by atoms with Gasteiger partial charge in [-0.3, -0.25) is 14.2 Å². The number of thiophene rings is 2. The second-order valence-electron chi connectivity index (χ2n) is 6.51. The third kappa shape index (κ3) is 4.05. The highest BCUT2D eigenvalue weighted by Crippen LogP contribution is 2.35. The van der Waals surface area contributed by atoms with Crippen LogP contribution < -0.4 is 10.9 Å². The Morgan fingerprint density at radius 1 is 1.27 bits per heavy atom. The summed E-state index contributed by atoms with van der Waals surface area (Å²) in [6.45, 7) is 4.10. The Balaban J connectivity index is 1.63. The largest absolute Gasteiger partial charge is 0.325 e. The summed E-state index contributed by atoms with van der Waals surface area (Å²) in [5, 5.41) is 7.35. The topological polar surface area (TPSA) is 64.0 Å². The van der Waals surface area contributed by atoms with Gasteiger partial charge in [-0.15, -0.1) is 22.7 Å². The highest BCUT2D eigenvalue weighted by atomic mass is 32.2. The van der Waals surface area contributed by atoms with E-state index >= 15 is 0 Å². The van der Waals surface area contributed by atoms with E-state index in [9.17, 15) is 14.0 Å². The molecule has 3 aromatic heterocycles. The van der Waals surface area contributed by atoms with E-state index in [1.165, 1.54) is 47.4 Å². The van der Waals surface area contributed by atoms with E-state index in [1.807, 2.05) is 29.8 Å². The molecule has 1 unspecified atom stereocenters. The fraction of sp³-hybridized carbons (Fsp3) is 0.190. The number of benzene rings is 1. The van der Waals surface area contributed by atoms with Crippen LogP contribution in [0.1, 0.15) is 13.8 Å². The monoisotopic (exact) mass is 459 g/mol. The Morgan fingerprint density at radius 2 is 2.03 bits per heavy atom. The molecule has 0 radical (unpaired) electrons. The number of carbonyl (C=O) groups excluding carboxylic acids is 1. The van der Waals surface area contributed by atoms with Crippen LogP contribution in [0.5, 0.6) is 0 Å². The fourth-order valence-corrected chi connectivity index (χ4v) is 5.75. The van der Waals surface area contributed by atoms with E-state index in [-0.39, 0.29) is 17.3 Å². The quantitative estimate of drug-likeness (QED) is 0.307. The van der Waals surface area contributed by atoms with Crippen molar-refractivity contribution in [3.05, 3.63) is 63.3 Å². The molecule has 4 rings (SSSR count). The summed E-state index contributed by atoms with van der Waals surface area (Å²) >= 11 is 4.26. The van der Waals surface area contributed by atoms with Gasteiger partial charge in [0.1, 0.15) is 10.6 Å². The fourth-order valence-electron chi connectivity index (χ4n) is 2.98. The molecule has 5 nitrogen and oxygen atoms in total. The zero-order chi connectivity index (χ0) is 21.3. The third-order valence-corrected chi connectivity index (χ3v) is 7.39. The summed E-state index contributed by atoms with van der Waals surface area (Å²) in [6, 6.07) is 9.55. The lowest BCUT2D eigenvalue weighted by Gasteiger charge is -2.15. The maximum atomic E-state index is 13.2. The zero-order valence-corrected chi connectivity index (χ0v) is 18.7. The second kappa shape index (κ2) is 8.71. The van der Waals surface area contributed by atoms with Gasteiger partial charge in [0, 0.05) is 28.1 Å². The molecule has 1 N–H and O–H groups in total. The van der Waals surface area contributed by atoms with Gasteiger partial charge in [-0.2, -0.15) is 0 Å². The molecule has 1 amide bonds. The van der Waals surface area contributed by atoms with E-state index in [0.717, 1.165) is 10.4 Å². The first-order valence-corrected chi connectivity index (χ1v) is 11.9. The van der Waals surface area contributed by atoms with Crippen molar-refractivity contribution < 1.29 is 9.18 Å². The van der Waals surface area contributed by atoms with Gasteiger partial charge in [0.05, 0.1) is 10.6 Å². The van der Waals surface area contributed by atoms with Crippen LogP contribution in [0.15, 0.2) is 57.1 Å². The number of carbonyl (C=O) groups is 1. The molecule has 9 heteroatoms. The standard InChI is InChI=1S/C21H18FN3O2S3/c1-3-25-20(27)17-15(16-5-4-10-28-16)11-29-19(17)24-21(25)30-12(2)18(26)23-14-8-6-13(22)7-9-14/h4-12H,3H2,1-2H3,(H,23,26). The highest BCUT2D eigenvalue weighted by molar-refractivity contribution is 8.00. The Bertz CT molecular complexity index is 1250. The van der Waals surface area contributed by atoms with Crippen molar-refractivity contribution in [3.8, 4) is 10.4 Å². The Kier molecular flexibility index (Phi) is 6.03. The average molecular weight is 460 g/mol. The molecule has 1 atom stereocenters. The minimum atomic E-state index is -0.492. The molecule has 4 aromatic rings. The van der Waals surface area contributed by atoms with Crippen molar-refractivity contribution in [3.63, 3.8) is 0 Å². The number of hydrogen-bond acceptors (Lipinski definition) is 6. The van der Waals surface area contributed by atoms with Crippen LogP contribution in [-0.2, 0) is 11.3 Å². The molecule has 0 fully saturated rings.